The first kappa shape index (κ1) is 12.6. The van der Waals surface area contributed by atoms with Crippen LogP contribution in [0.25, 0.3) is 0 Å². The number of thiazole rings is 1. The lowest BCUT2D eigenvalue weighted by Crippen LogP contribution is -2.26. The van der Waals surface area contributed by atoms with E-state index >= 15 is 0 Å². The van der Waals surface area contributed by atoms with Crippen LogP contribution < -0.4 is 5.73 Å². The van der Waals surface area contributed by atoms with Crippen molar-refractivity contribution in [3.8, 4) is 0 Å². The van der Waals surface area contributed by atoms with Crippen LogP contribution in [0.1, 0.15) is 55.8 Å². The van der Waals surface area contributed by atoms with Gasteiger partial charge in [0.15, 0.2) is 0 Å². The van der Waals surface area contributed by atoms with Gasteiger partial charge in [-0.2, -0.15) is 0 Å². The van der Waals surface area contributed by atoms with Crippen LogP contribution in [0.15, 0.2) is 10.4 Å². The molecule has 17 heavy (non-hydrogen) atoms. The van der Waals surface area contributed by atoms with Crippen molar-refractivity contribution in [3.05, 3.63) is 16.1 Å². The van der Waals surface area contributed by atoms with E-state index in [0.29, 0.717) is 5.92 Å². The number of aromatic nitrogens is 1. The lowest BCUT2D eigenvalue weighted by Gasteiger charge is -2.21. The van der Waals surface area contributed by atoms with Crippen molar-refractivity contribution in [2.24, 2.45) is 16.6 Å². The maximum absolute atomic E-state index is 6.12. The largest absolute Gasteiger partial charge is 0.387 e. The molecule has 3 nitrogen and oxygen atoms in total. The topological polar surface area (TPSA) is 51.3 Å². The lowest BCUT2D eigenvalue weighted by atomic mass is 9.88. The molecule has 0 bridgehead atoms. The van der Waals surface area contributed by atoms with Gasteiger partial charge in [0, 0.05) is 17.0 Å². The van der Waals surface area contributed by atoms with Gasteiger partial charge in [0.2, 0.25) is 0 Å². The van der Waals surface area contributed by atoms with Crippen LogP contribution in [0.5, 0.6) is 0 Å². The van der Waals surface area contributed by atoms with Crippen molar-refractivity contribution in [2.45, 2.75) is 52.0 Å². The first-order valence-corrected chi connectivity index (χ1v) is 7.30. The minimum Gasteiger partial charge on any atom is -0.387 e. The first-order valence-electron chi connectivity index (χ1n) is 6.42. The van der Waals surface area contributed by atoms with E-state index in [1.165, 1.54) is 32.1 Å². The van der Waals surface area contributed by atoms with Crippen LogP contribution in [-0.4, -0.2) is 10.8 Å². The average molecular weight is 251 g/mol. The Hall–Kier alpha value is -0.900. The molecule has 94 valence electrons. The molecule has 1 aliphatic rings. The second-order valence-electron chi connectivity index (χ2n) is 4.89. The maximum atomic E-state index is 6.12. The van der Waals surface area contributed by atoms with E-state index in [-0.39, 0.29) is 6.04 Å². The molecule has 2 N–H and O–H groups in total. The summed E-state index contributed by atoms with van der Waals surface area (Å²) in [5.41, 5.74) is 7.19. The van der Waals surface area contributed by atoms with Crippen molar-refractivity contribution >= 4 is 17.2 Å². The summed E-state index contributed by atoms with van der Waals surface area (Å²) in [6, 6.07) is 0.107. The predicted octanol–water partition coefficient (Wildman–Crippen LogP) is 3.45. The Bertz CT molecular complexity index is 391. The van der Waals surface area contributed by atoms with Crippen LogP contribution in [-0.2, 0) is 0 Å². The van der Waals surface area contributed by atoms with Crippen LogP contribution in [0.2, 0.25) is 0 Å². The summed E-state index contributed by atoms with van der Waals surface area (Å²) in [4.78, 5) is 9.09. The number of aryl methyl sites for hydroxylation is 1. The SMILES string of the molecule is Cc1csc(C(C)N=C(N)C2CCCCC2)n1. The van der Waals surface area contributed by atoms with E-state index in [2.05, 4.69) is 22.3 Å². The Labute approximate surface area is 107 Å². The highest BCUT2D eigenvalue weighted by Crippen LogP contribution is 2.26. The summed E-state index contributed by atoms with van der Waals surface area (Å²) in [7, 11) is 0. The van der Waals surface area contributed by atoms with Gasteiger partial charge in [-0.1, -0.05) is 19.3 Å². The van der Waals surface area contributed by atoms with Crippen LogP contribution in [0.3, 0.4) is 0 Å². The molecular weight excluding hydrogens is 230 g/mol. The molecule has 0 aromatic carbocycles. The Balaban J connectivity index is 2.02. The molecule has 1 heterocycles. The number of hydrogen-bond donors (Lipinski definition) is 1. The molecule has 0 amide bonds. The van der Waals surface area contributed by atoms with Gasteiger partial charge in [0.1, 0.15) is 11.0 Å². The second-order valence-corrected chi connectivity index (χ2v) is 5.78. The van der Waals surface area contributed by atoms with E-state index < -0.39 is 0 Å². The Morgan fingerprint density at radius 3 is 2.76 bits per heavy atom. The standard InChI is InChI=1S/C13H21N3S/c1-9-8-17-13(15-9)10(2)16-12(14)11-6-4-3-5-7-11/h8,10-11H,3-7H2,1-2H3,(H2,14,16). The van der Waals surface area contributed by atoms with Gasteiger partial charge in [-0.15, -0.1) is 11.3 Å². The third-order valence-corrected chi connectivity index (χ3v) is 4.49. The third-order valence-electron chi connectivity index (χ3n) is 3.36. The fourth-order valence-electron chi connectivity index (χ4n) is 2.35. The molecule has 0 aliphatic heterocycles. The summed E-state index contributed by atoms with van der Waals surface area (Å²) < 4.78 is 0. The van der Waals surface area contributed by atoms with Crippen molar-refractivity contribution in [3.63, 3.8) is 0 Å². The quantitative estimate of drug-likeness (QED) is 0.660. The van der Waals surface area contributed by atoms with Gasteiger partial charge < -0.3 is 5.73 Å². The summed E-state index contributed by atoms with van der Waals surface area (Å²) in [6.45, 7) is 4.09. The molecule has 0 radical (unpaired) electrons. The second kappa shape index (κ2) is 5.63. The van der Waals surface area contributed by atoms with Crippen molar-refractivity contribution < 1.29 is 0 Å². The normalized spacial score (nSPS) is 20.5. The zero-order chi connectivity index (χ0) is 12.3. The molecular formula is C13H21N3S. The summed E-state index contributed by atoms with van der Waals surface area (Å²) in [5.74, 6) is 1.34. The molecule has 1 fully saturated rings. The maximum Gasteiger partial charge on any atom is 0.117 e. The van der Waals surface area contributed by atoms with E-state index in [1.807, 2.05) is 6.92 Å². The summed E-state index contributed by atoms with van der Waals surface area (Å²) in [5, 5.41) is 3.14. The highest BCUT2D eigenvalue weighted by Gasteiger charge is 2.18. The van der Waals surface area contributed by atoms with Crippen LogP contribution >= 0.6 is 11.3 Å². The van der Waals surface area contributed by atoms with E-state index in [9.17, 15) is 0 Å². The van der Waals surface area contributed by atoms with Crippen molar-refractivity contribution in [2.75, 3.05) is 0 Å². The smallest absolute Gasteiger partial charge is 0.117 e. The van der Waals surface area contributed by atoms with Crippen LogP contribution in [0.4, 0.5) is 0 Å². The van der Waals surface area contributed by atoms with Gasteiger partial charge in [0.25, 0.3) is 0 Å². The molecule has 2 rings (SSSR count). The highest BCUT2D eigenvalue weighted by atomic mass is 32.1. The zero-order valence-electron chi connectivity index (χ0n) is 10.6. The monoisotopic (exact) mass is 251 g/mol. The summed E-state index contributed by atoms with van der Waals surface area (Å²) in [6.07, 6.45) is 6.36. The number of aliphatic imine (C=N–C) groups is 1. The fraction of sp³-hybridized carbons (Fsp3) is 0.692. The molecule has 1 aromatic rings. The van der Waals surface area contributed by atoms with Gasteiger partial charge in [-0.3, -0.25) is 4.99 Å². The molecule has 4 heteroatoms. The molecule has 1 atom stereocenters. The van der Waals surface area contributed by atoms with Gasteiger partial charge in [-0.25, -0.2) is 4.98 Å². The molecule has 1 aromatic heterocycles. The minimum absolute atomic E-state index is 0.107. The Kier molecular flexibility index (Phi) is 4.15. The first-order chi connectivity index (χ1) is 8.16. The third kappa shape index (κ3) is 3.28. The van der Waals surface area contributed by atoms with Crippen molar-refractivity contribution in [1.29, 1.82) is 0 Å². The number of nitrogens with zero attached hydrogens (tertiary/aromatic N) is 2. The highest BCUT2D eigenvalue weighted by molar-refractivity contribution is 7.09. The molecule has 0 spiro atoms. The molecule has 1 aliphatic carbocycles. The van der Waals surface area contributed by atoms with Crippen LogP contribution in [0, 0.1) is 12.8 Å². The number of amidine groups is 1. The van der Waals surface area contributed by atoms with E-state index in [1.54, 1.807) is 11.3 Å². The minimum atomic E-state index is 0.107. The zero-order valence-corrected chi connectivity index (χ0v) is 11.5. The molecule has 1 unspecified atom stereocenters. The van der Waals surface area contributed by atoms with Gasteiger partial charge >= 0.3 is 0 Å². The van der Waals surface area contributed by atoms with E-state index in [4.69, 9.17) is 5.73 Å². The number of nitrogens with two attached hydrogens (primary N) is 1. The van der Waals surface area contributed by atoms with Crippen molar-refractivity contribution in [1.82, 2.24) is 4.98 Å². The molecule has 0 saturated heterocycles. The van der Waals surface area contributed by atoms with E-state index in [0.717, 1.165) is 16.5 Å². The number of rotatable bonds is 3. The van der Waals surface area contributed by atoms with Gasteiger partial charge in [0.05, 0.1) is 5.84 Å². The molecule has 1 saturated carbocycles. The predicted molar refractivity (Wildman–Crippen MR) is 73.5 cm³/mol. The average Bonchev–Trinajstić information content (AvgIpc) is 2.77. The Morgan fingerprint density at radius 1 is 1.47 bits per heavy atom. The number of hydrogen-bond acceptors (Lipinski definition) is 3. The summed E-state index contributed by atoms with van der Waals surface area (Å²) >= 11 is 1.67. The lowest BCUT2D eigenvalue weighted by molar-refractivity contribution is 0.435. The van der Waals surface area contributed by atoms with Gasteiger partial charge in [-0.05, 0) is 26.7 Å². The fourth-order valence-corrected chi connectivity index (χ4v) is 3.14. The Morgan fingerprint density at radius 2 is 2.18 bits per heavy atom.